The normalized spacial score (nSPS) is 16.7. The van der Waals surface area contributed by atoms with Crippen LogP contribution in [-0.4, -0.2) is 0 Å². The fourth-order valence-corrected chi connectivity index (χ4v) is 10.8. The molecule has 0 saturated heterocycles. The van der Waals surface area contributed by atoms with E-state index in [-0.39, 0.29) is 21.7 Å². The average molecular weight is 757 g/mol. The standard InChI is InChI=1S/C56H56N2/c1-53(2)37-55(5,6)51-34-41(28-30-49(51)53)39-18-15-24-45(32-39)57(43-20-11-9-12-21-43)47-26-17-27-48(36-47)58(44-22-13-10-14-23-44)46-25-16-19-40(33-46)42-29-31-50-52(35-42)56(7,8)38-54(50,3)4/h9-36H,37-38H2,1-8H3. The number of para-hydroxylation sites is 2. The van der Waals surface area contributed by atoms with Gasteiger partial charge in [-0.05, 0) is 146 Å². The minimum absolute atomic E-state index is 0.141. The lowest BCUT2D eigenvalue weighted by atomic mass is 9.82. The van der Waals surface area contributed by atoms with Gasteiger partial charge in [0.05, 0.1) is 0 Å². The average Bonchev–Trinajstić information content (AvgIpc) is 3.53. The van der Waals surface area contributed by atoms with E-state index in [0.29, 0.717) is 0 Å². The number of anilines is 6. The van der Waals surface area contributed by atoms with Crippen molar-refractivity contribution in [3.63, 3.8) is 0 Å². The van der Waals surface area contributed by atoms with Gasteiger partial charge in [0.2, 0.25) is 0 Å². The van der Waals surface area contributed by atoms with E-state index in [1.165, 1.54) is 44.5 Å². The summed E-state index contributed by atoms with van der Waals surface area (Å²) in [6, 6.07) is 62.9. The lowest BCUT2D eigenvalue weighted by Crippen LogP contribution is -2.18. The van der Waals surface area contributed by atoms with E-state index in [4.69, 9.17) is 0 Å². The maximum Gasteiger partial charge on any atom is 0.0482 e. The minimum atomic E-state index is 0.141. The highest BCUT2D eigenvalue weighted by molar-refractivity contribution is 5.85. The fourth-order valence-electron chi connectivity index (χ4n) is 10.8. The fraction of sp³-hybridized carbons (Fsp3) is 0.250. The van der Waals surface area contributed by atoms with Gasteiger partial charge in [0.1, 0.15) is 0 Å². The number of hydrogen-bond donors (Lipinski definition) is 0. The molecule has 0 atom stereocenters. The molecule has 0 fully saturated rings. The van der Waals surface area contributed by atoms with Gasteiger partial charge in [-0.1, -0.05) is 159 Å². The van der Waals surface area contributed by atoms with Crippen molar-refractivity contribution in [1.82, 2.24) is 0 Å². The van der Waals surface area contributed by atoms with Crippen molar-refractivity contribution in [2.24, 2.45) is 0 Å². The summed E-state index contributed by atoms with van der Waals surface area (Å²) in [7, 11) is 0. The monoisotopic (exact) mass is 756 g/mol. The quantitative estimate of drug-likeness (QED) is 0.152. The van der Waals surface area contributed by atoms with Crippen molar-refractivity contribution >= 4 is 34.1 Å². The van der Waals surface area contributed by atoms with Crippen LogP contribution in [0.1, 0.15) is 90.5 Å². The molecule has 0 spiro atoms. The number of benzene rings is 7. The van der Waals surface area contributed by atoms with Crippen molar-refractivity contribution in [2.75, 3.05) is 9.80 Å². The summed E-state index contributed by atoms with van der Waals surface area (Å²) in [6.45, 7) is 19.1. The molecule has 2 aliphatic rings. The van der Waals surface area contributed by atoms with Crippen LogP contribution in [0.15, 0.2) is 170 Å². The van der Waals surface area contributed by atoms with Gasteiger partial charge in [-0.3, -0.25) is 0 Å². The third-order valence-electron chi connectivity index (χ3n) is 13.0. The zero-order valence-electron chi connectivity index (χ0n) is 35.5. The molecule has 0 bridgehead atoms. The van der Waals surface area contributed by atoms with E-state index in [9.17, 15) is 0 Å². The lowest BCUT2D eigenvalue weighted by molar-refractivity contribution is 0.402. The first-order chi connectivity index (χ1) is 27.7. The summed E-state index contributed by atoms with van der Waals surface area (Å²) in [5.74, 6) is 0. The largest absolute Gasteiger partial charge is 0.310 e. The van der Waals surface area contributed by atoms with Gasteiger partial charge in [-0.2, -0.15) is 0 Å². The summed E-state index contributed by atoms with van der Waals surface area (Å²) in [6.07, 6.45) is 2.32. The summed E-state index contributed by atoms with van der Waals surface area (Å²) in [5.41, 5.74) is 18.2. The summed E-state index contributed by atoms with van der Waals surface area (Å²) < 4.78 is 0. The zero-order valence-corrected chi connectivity index (χ0v) is 35.5. The first-order valence-corrected chi connectivity index (χ1v) is 21.0. The predicted octanol–water partition coefficient (Wildman–Crippen LogP) is 15.9. The van der Waals surface area contributed by atoms with Gasteiger partial charge in [-0.25, -0.2) is 0 Å². The van der Waals surface area contributed by atoms with Gasteiger partial charge in [0.15, 0.2) is 0 Å². The first-order valence-electron chi connectivity index (χ1n) is 21.0. The Morgan fingerprint density at radius 2 is 0.586 bits per heavy atom. The minimum Gasteiger partial charge on any atom is -0.310 e. The molecule has 2 aliphatic carbocycles. The van der Waals surface area contributed by atoms with E-state index in [1.807, 2.05) is 0 Å². The van der Waals surface area contributed by atoms with Crippen LogP contribution in [0, 0.1) is 0 Å². The third kappa shape index (κ3) is 6.73. The molecule has 0 aromatic heterocycles. The SMILES string of the molecule is CC1(C)CC(C)(C)c2cc(-c3cccc(N(c4ccccc4)c4cccc(N(c5ccccc5)c5cccc(-c6ccc7c(c6)C(C)(C)CC7(C)C)c5)c4)c3)ccc21. The summed E-state index contributed by atoms with van der Waals surface area (Å²) >= 11 is 0. The topological polar surface area (TPSA) is 6.48 Å². The van der Waals surface area contributed by atoms with Gasteiger partial charge in [-0.15, -0.1) is 0 Å². The lowest BCUT2D eigenvalue weighted by Gasteiger charge is -2.30. The zero-order chi connectivity index (χ0) is 40.5. The molecule has 0 unspecified atom stereocenters. The Kier molecular flexibility index (Phi) is 9.04. The molecule has 7 aromatic carbocycles. The molecule has 7 aromatic rings. The van der Waals surface area contributed by atoms with E-state index in [2.05, 4.69) is 235 Å². The van der Waals surface area contributed by atoms with Gasteiger partial charge in [0.25, 0.3) is 0 Å². The van der Waals surface area contributed by atoms with E-state index in [0.717, 1.165) is 47.0 Å². The molecule has 2 heteroatoms. The Balaban J connectivity index is 1.13. The van der Waals surface area contributed by atoms with E-state index >= 15 is 0 Å². The van der Waals surface area contributed by atoms with Gasteiger partial charge in [0, 0.05) is 34.1 Å². The molecule has 0 heterocycles. The molecular formula is C56H56N2. The first kappa shape index (κ1) is 37.7. The van der Waals surface area contributed by atoms with E-state index in [1.54, 1.807) is 0 Å². The van der Waals surface area contributed by atoms with Crippen LogP contribution in [0.4, 0.5) is 34.1 Å². The molecule has 0 radical (unpaired) electrons. The van der Waals surface area contributed by atoms with Crippen LogP contribution in [0.2, 0.25) is 0 Å². The number of rotatable bonds is 8. The highest BCUT2D eigenvalue weighted by atomic mass is 15.2. The predicted molar refractivity (Wildman–Crippen MR) is 248 cm³/mol. The molecule has 0 saturated carbocycles. The Hall–Kier alpha value is -5.86. The van der Waals surface area contributed by atoms with Crippen LogP contribution in [0.5, 0.6) is 0 Å². The van der Waals surface area contributed by atoms with Crippen molar-refractivity contribution < 1.29 is 0 Å². The van der Waals surface area contributed by atoms with Crippen LogP contribution in [0.3, 0.4) is 0 Å². The van der Waals surface area contributed by atoms with E-state index < -0.39 is 0 Å². The number of fused-ring (bicyclic) bond motifs is 2. The maximum atomic E-state index is 2.45. The number of hydrogen-bond acceptors (Lipinski definition) is 2. The number of nitrogens with zero attached hydrogens (tertiary/aromatic N) is 2. The molecule has 290 valence electrons. The smallest absolute Gasteiger partial charge is 0.0482 e. The summed E-state index contributed by atoms with van der Waals surface area (Å²) in [5, 5.41) is 0. The second-order valence-corrected chi connectivity index (χ2v) is 19.4. The Bertz CT molecular complexity index is 2450. The van der Waals surface area contributed by atoms with Crippen LogP contribution >= 0.6 is 0 Å². The Morgan fingerprint density at radius 3 is 0.983 bits per heavy atom. The van der Waals surface area contributed by atoms with Crippen LogP contribution in [-0.2, 0) is 21.7 Å². The van der Waals surface area contributed by atoms with Crippen molar-refractivity contribution in [1.29, 1.82) is 0 Å². The van der Waals surface area contributed by atoms with Crippen LogP contribution in [0.25, 0.3) is 22.3 Å². The molecule has 9 rings (SSSR count). The second kappa shape index (κ2) is 13.9. The highest BCUT2D eigenvalue weighted by Gasteiger charge is 2.43. The maximum absolute atomic E-state index is 2.45. The second-order valence-electron chi connectivity index (χ2n) is 19.4. The van der Waals surface area contributed by atoms with Crippen LogP contribution < -0.4 is 9.80 Å². The molecule has 58 heavy (non-hydrogen) atoms. The van der Waals surface area contributed by atoms with Crippen molar-refractivity contribution in [3.05, 3.63) is 192 Å². The third-order valence-corrected chi connectivity index (χ3v) is 13.0. The van der Waals surface area contributed by atoms with Gasteiger partial charge >= 0.3 is 0 Å². The Labute approximate surface area is 346 Å². The van der Waals surface area contributed by atoms with Gasteiger partial charge < -0.3 is 9.80 Å². The summed E-state index contributed by atoms with van der Waals surface area (Å²) in [4.78, 5) is 4.78. The molecule has 0 N–H and O–H groups in total. The molecular weight excluding hydrogens is 701 g/mol. The van der Waals surface area contributed by atoms with Crippen molar-refractivity contribution in [3.8, 4) is 22.3 Å². The van der Waals surface area contributed by atoms with Crippen molar-refractivity contribution in [2.45, 2.75) is 89.9 Å². The Morgan fingerprint density at radius 1 is 0.276 bits per heavy atom. The molecule has 2 nitrogen and oxygen atoms in total. The molecule has 0 amide bonds. The highest BCUT2D eigenvalue weighted by Crippen LogP contribution is 2.52. The molecule has 0 aliphatic heterocycles.